The molecule has 8 nitrogen and oxygen atoms in total. The zero-order chi connectivity index (χ0) is 20.2. The van der Waals surface area contributed by atoms with E-state index in [1.54, 1.807) is 11.4 Å². The van der Waals surface area contributed by atoms with Gasteiger partial charge in [-0.25, -0.2) is 4.79 Å². The molecule has 146 valence electrons. The molecule has 0 saturated heterocycles. The lowest BCUT2D eigenvalue weighted by atomic mass is 10.1. The molecular weight excluding hydrogens is 358 g/mol. The van der Waals surface area contributed by atoms with Crippen LogP contribution in [-0.2, 0) is 20.1 Å². The van der Waals surface area contributed by atoms with Crippen LogP contribution in [0.15, 0.2) is 33.9 Å². The number of aromatic nitrogens is 5. The predicted molar refractivity (Wildman–Crippen MR) is 107 cm³/mol. The largest absolute Gasteiger partial charge is 0.395 e. The summed E-state index contributed by atoms with van der Waals surface area (Å²) in [4.78, 5) is 30.7. The van der Waals surface area contributed by atoms with Crippen molar-refractivity contribution < 1.29 is 5.11 Å². The monoisotopic (exact) mass is 381 g/mol. The molecule has 0 aliphatic heterocycles. The van der Waals surface area contributed by atoms with Crippen molar-refractivity contribution in [3.63, 3.8) is 0 Å². The van der Waals surface area contributed by atoms with Crippen molar-refractivity contribution in [2.75, 3.05) is 6.61 Å². The van der Waals surface area contributed by atoms with Gasteiger partial charge in [-0.3, -0.25) is 18.3 Å². The highest BCUT2D eigenvalue weighted by Gasteiger charge is 2.22. The minimum Gasteiger partial charge on any atom is -0.395 e. The number of rotatable bonds is 4. The van der Waals surface area contributed by atoms with E-state index in [9.17, 15) is 14.7 Å². The Morgan fingerprint density at radius 3 is 2.32 bits per heavy atom. The van der Waals surface area contributed by atoms with Crippen LogP contribution in [0, 0.1) is 20.8 Å². The Morgan fingerprint density at radius 1 is 1.00 bits per heavy atom. The second kappa shape index (κ2) is 6.49. The zero-order valence-electron chi connectivity index (χ0n) is 16.4. The first kappa shape index (κ1) is 18.2. The van der Waals surface area contributed by atoms with Gasteiger partial charge in [0.05, 0.1) is 13.2 Å². The molecule has 0 amide bonds. The van der Waals surface area contributed by atoms with E-state index >= 15 is 0 Å². The zero-order valence-corrected chi connectivity index (χ0v) is 16.4. The lowest BCUT2D eigenvalue weighted by Gasteiger charge is -2.09. The summed E-state index contributed by atoms with van der Waals surface area (Å²) in [6.07, 6.45) is 0. The fraction of sp³-hybridized carbons (Fsp3) is 0.350. The quantitative estimate of drug-likeness (QED) is 0.574. The summed E-state index contributed by atoms with van der Waals surface area (Å²) in [5, 5.41) is 9.39. The second-order valence-corrected chi connectivity index (χ2v) is 7.18. The molecule has 1 N–H and O–H groups in total. The van der Waals surface area contributed by atoms with Gasteiger partial charge in [0, 0.05) is 25.0 Å². The molecule has 0 aliphatic carbocycles. The number of hydrogen-bond acceptors (Lipinski definition) is 4. The van der Waals surface area contributed by atoms with Crippen molar-refractivity contribution in [3.8, 4) is 0 Å². The van der Waals surface area contributed by atoms with Gasteiger partial charge in [0.1, 0.15) is 0 Å². The molecule has 3 heterocycles. The Kier molecular flexibility index (Phi) is 4.23. The molecule has 0 radical (unpaired) electrons. The van der Waals surface area contributed by atoms with Crippen LogP contribution >= 0.6 is 0 Å². The molecule has 0 bridgehead atoms. The van der Waals surface area contributed by atoms with Crippen LogP contribution in [0.5, 0.6) is 0 Å². The summed E-state index contributed by atoms with van der Waals surface area (Å²) in [5.74, 6) is 0.555. The van der Waals surface area contributed by atoms with Crippen LogP contribution in [-0.4, -0.2) is 34.8 Å². The SMILES string of the molecule is Cc1ccc(Cn2c(=O)c3c(nc4n(CCO)c(C)c(C)n34)n(C)c2=O)cc1. The van der Waals surface area contributed by atoms with Gasteiger partial charge in [0.2, 0.25) is 5.78 Å². The number of benzene rings is 1. The lowest BCUT2D eigenvalue weighted by molar-refractivity contribution is 0.276. The van der Waals surface area contributed by atoms with Crippen molar-refractivity contribution in [3.05, 3.63) is 67.6 Å². The van der Waals surface area contributed by atoms with Crippen LogP contribution in [0.25, 0.3) is 16.9 Å². The van der Waals surface area contributed by atoms with E-state index in [0.29, 0.717) is 23.5 Å². The summed E-state index contributed by atoms with van der Waals surface area (Å²) in [5.41, 5.74) is 3.75. The van der Waals surface area contributed by atoms with Gasteiger partial charge in [0.25, 0.3) is 5.56 Å². The van der Waals surface area contributed by atoms with Crippen LogP contribution in [0.4, 0.5) is 0 Å². The molecule has 8 heteroatoms. The Balaban J connectivity index is 2.04. The third-order valence-corrected chi connectivity index (χ3v) is 5.41. The van der Waals surface area contributed by atoms with Gasteiger partial charge in [-0.1, -0.05) is 29.8 Å². The highest BCUT2D eigenvalue weighted by Crippen LogP contribution is 2.20. The highest BCUT2D eigenvalue weighted by atomic mass is 16.3. The smallest absolute Gasteiger partial charge is 0.332 e. The van der Waals surface area contributed by atoms with Gasteiger partial charge >= 0.3 is 5.69 Å². The maximum absolute atomic E-state index is 13.3. The summed E-state index contributed by atoms with van der Waals surface area (Å²) >= 11 is 0. The molecule has 4 aromatic rings. The topological polar surface area (TPSA) is 86.5 Å². The maximum atomic E-state index is 13.3. The van der Waals surface area contributed by atoms with E-state index in [1.807, 2.05) is 49.6 Å². The molecule has 0 fully saturated rings. The third-order valence-electron chi connectivity index (χ3n) is 5.41. The summed E-state index contributed by atoms with van der Waals surface area (Å²) < 4.78 is 6.31. The summed E-state index contributed by atoms with van der Waals surface area (Å²) in [7, 11) is 1.63. The molecule has 0 spiro atoms. The van der Waals surface area contributed by atoms with E-state index in [2.05, 4.69) is 4.98 Å². The number of aliphatic hydroxyl groups is 1. The van der Waals surface area contributed by atoms with Crippen molar-refractivity contribution in [1.82, 2.24) is 23.1 Å². The van der Waals surface area contributed by atoms with E-state index in [1.165, 1.54) is 9.13 Å². The normalized spacial score (nSPS) is 11.8. The molecule has 0 saturated carbocycles. The highest BCUT2D eigenvalue weighted by molar-refractivity contribution is 5.76. The van der Waals surface area contributed by atoms with E-state index in [-0.39, 0.29) is 18.7 Å². The van der Waals surface area contributed by atoms with Crippen molar-refractivity contribution in [2.45, 2.75) is 33.9 Å². The third kappa shape index (κ3) is 2.52. The number of nitrogens with zero attached hydrogens (tertiary/aromatic N) is 5. The predicted octanol–water partition coefficient (Wildman–Crippen LogP) is 1.12. The van der Waals surface area contributed by atoms with Crippen LogP contribution < -0.4 is 11.2 Å². The van der Waals surface area contributed by atoms with Gasteiger partial charge < -0.3 is 9.67 Å². The molecule has 3 aromatic heterocycles. The first-order valence-corrected chi connectivity index (χ1v) is 9.19. The molecule has 4 rings (SSSR count). The van der Waals surface area contributed by atoms with Crippen molar-refractivity contribution >= 4 is 16.9 Å². The van der Waals surface area contributed by atoms with Crippen molar-refractivity contribution in [2.24, 2.45) is 7.05 Å². The molecule has 1 aromatic carbocycles. The fourth-order valence-electron chi connectivity index (χ4n) is 3.70. The summed E-state index contributed by atoms with van der Waals surface area (Å²) in [6, 6.07) is 7.76. The van der Waals surface area contributed by atoms with Gasteiger partial charge in [-0.15, -0.1) is 0 Å². The average molecular weight is 381 g/mol. The first-order valence-electron chi connectivity index (χ1n) is 9.19. The van der Waals surface area contributed by atoms with Crippen molar-refractivity contribution in [1.29, 1.82) is 0 Å². The molecule has 0 unspecified atom stereocenters. The average Bonchev–Trinajstić information content (AvgIpc) is 3.17. The second-order valence-electron chi connectivity index (χ2n) is 7.18. The standard InChI is InChI=1S/C20H23N5O3/c1-12-5-7-15(8-6-12)11-24-18(27)16-17(22(4)20(24)28)21-19-23(9-10-26)13(2)14(3)25(16)19/h5-8,26H,9-11H2,1-4H3. The lowest BCUT2D eigenvalue weighted by Crippen LogP contribution is -2.39. The number of aryl methyl sites for hydroxylation is 3. The number of fused-ring (bicyclic) bond motifs is 3. The summed E-state index contributed by atoms with van der Waals surface area (Å²) in [6.45, 7) is 6.36. The van der Waals surface area contributed by atoms with Gasteiger partial charge in [-0.05, 0) is 26.3 Å². The number of aliphatic hydroxyl groups excluding tert-OH is 1. The van der Waals surface area contributed by atoms with Crippen LogP contribution in [0.1, 0.15) is 22.5 Å². The van der Waals surface area contributed by atoms with E-state index in [4.69, 9.17) is 0 Å². The van der Waals surface area contributed by atoms with Crippen LogP contribution in [0.3, 0.4) is 0 Å². The fourth-order valence-corrected chi connectivity index (χ4v) is 3.70. The Bertz CT molecular complexity index is 1320. The molecular formula is C20H23N5O3. The Morgan fingerprint density at radius 2 is 1.68 bits per heavy atom. The minimum atomic E-state index is -0.401. The first-order chi connectivity index (χ1) is 13.3. The molecule has 0 atom stereocenters. The van der Waals surface area contributed by atoms with Crippen LogP contribution in [0.2, 0.25) is 0 Å². The van der Waals surface area contributed by atoms with E-state index in [0.717, 1.165) is 22.5 Å². The Hall–Kier alpha value is -3.13. The molecule has 0 aliphatic rings. The number of hydrogen-bond donors (Lipinski definition) is 1. The minimum absolute atomic E-state index is 0.0373. The van der Waals surface area contributed by atoms with Gasteiger partial charge in [0.15, 0.2) is 11.2 Å². The number of imidazole rings is 2. The van der Waals surface area contributed by atoms with Gasteiger partial charge in [-0.2, -0.15) is 4.98 Å². The van der Waals surface area contributed by atoms with E-state index < -0.39 is 5.69 Å². The molecule has 28 heavy (non-hydrogen) atoms. The Labute approximate surface area is 160 Å². The maximum Gasteiger partial charge on any atom is 0.332 e.